The summed E-state index contributed by atoms with van der Waals surface area (Å²) in [6, 6.07) is 1.04. The fraction of sp³-hybridized carbons (Fsp3) is 0.500. The van der Waals surface area contributed by atoms with E-state index in [-0.39, 0.29) is 18.1 Å². The number of hydrogen-bond donors (Lipinski definition) is 1. The number of amides is 2. The lowest BCUT2D eigenvalue weighted by molar-refractivity contribution is -0.130. The Kier molecular flexibility index (Phi) is 4.02. The molecule has 0 spiro atoms. The Bertz CT molecular complexity index is 533. The number of hydrogen-bond acceptors (Lipinski definition) is 5. The highest BCUT2D eigenvalue weighted by Gasteiger charge is 2.24. The molecule has 2 heterocycles. The summed E-state index contributed by atoms with van der Waals surface area (Å²) >= 11 is 0. The molecule has 2 rings (SSSR count). The number of carbonyl (C=O) groups excluding carboxylic acids is 2. The summed E-state index contributed by atoms with van der Waals surface area (Å²) < 4.78 is 4.51. The predicted octanol–water partition coefficient (Wildman–Crippen LogP) is 0.0672. The Morgan fingerprint density at radius 1 is 1.40 bits per heavy atom. The van der Waals surface area contributed by atoms with Crippen molar-refractivity contribution < 1.29 is 24.0 Å². The molecule has 108 valence electrons. The van der Waals surface area contributed by atoms with E-state index in [4.69, 9.17) is 5.11 Å². The Balaban J connectivity index is 1.96. The summed E-state index contributed by atoms with van der Waals surface area (Å²) in [7, 11) is 1.46. The number of carboxylic acid groups (broad SMARTS) is 1. The zero-order chi connectivity index (χ0) is 14.7. The molecule has 1 aliphatic rings. The largest absolute Gasteiger partial charge is 0.475 e. The summed E-state index contributed by atoms with van der Waals surface area (Å²) in [5.74, 6) is -2.38. The molecular formula is C12H15N3O5. The molecule has 1 fully saturated rings. The van der Waals surface area contributed by atoms with Gasteiger partial charge in [0.2, 0.25) is 11.7 Å². The van der Waals surface area contributed by atoms with Crippen LogP contribution >= 0.6 is 0 Å². The summed E-state index contributed by atoms with van der Waals surface area (Å²) in [5.41, 5.74) is -0.126. The first-order chi connectivity index (χ1) is 9.49. The molecule has 8 nitrogen and oxygen atoms in total. The van der Waals surface area contributed by atoms with Gasteiger partial charge in [0.05, 0.1) is 6.54 Å². The molecule has 0 unspecified atom stereocenters. The van der Waals surface area contributed by atoms with Crippen LogP contribution in [0.1, 0.15) is 33.9 Å². The van der Waals surface area contributed by atoms with Gasteiger partial charge in [0.15, 0.2) is 5.69 Å². The van der Waals surface area contributed by atoms with Gasteiger partial charge >= 0.3 is 5.97 Å². The maximum absolute atomic E-state index is 12.0. The lowest BCUT2D eigenvalue weighted by atomic mass is 10.3. The lowest BCUT2D eigenvalue weighted by Crippen LogP contribution is -2.39. The van der Waals surface area contributed by atoms with E-state index in [9.17, 15) is 14.4 Å². The lowest BCUT2D eigenvalue weighted by Gasteiger charge is -2.20. The van der Waals surface area contributed by atoms with Gasteiger partial charge in [-0.1, -0.05) is 5.16 Å². The topological polar surface area (TPSA) is 104 Å². The second-order valence-corrected chi connectivity index (χ2v) is 4.63. The van der Waals surface area contributed by atoms with Gasteiger partial charge < -0.3 is 19.4 Å². The van der Waals surface area contributed by atoms with Gasteiger partial charge in [0, 0.05) is 26.2 Å². The highest BCUT2D eigenvalue weighted by Crippen LogP contribution is 2.10. The minimum atomic E-state index is -1.30. The normalized spacial score (nSPS) is 14.3. The molecule has 0 atom stereocenters. The maximum atomic E-state index is 12.0. The molecule has 20 heavy (non-hydrogen) atoms. The van der Waals surface area contributed by atoms with Gasteiger partial charge in [0.25, 0.3) is 5.91 Å². The van der Waals surface area contributed by atoms with E-state index >= 15 is 0 Å². The van der Waals surface area contributed by atoms with Crippen LogP contribution in [0.3, 0.4) is 0 Å². The fourth-order valence-electron chi connectivity index (χ4n) is 2.01. The summed E-state index contributed by atoms with van der Waals surface area (Å²) in [5, 5.41) is 12.1. The van der Waals surface area contributed by atoms with Crippen molar-refractivity contribution in [2.45, 2.75) is 12.8 Å². The van der Waals surface area contributed by atoms with Gasteiger partial charge in [-0.05, 0) is 12.8 Å². The molecule has 8 heteroatoms. The van der Waals surface area contributed by atoms with Gasteiger partial charge in [-0.15, -0.1) is 0 Å². The SMILES string of the molecule is CN(CC(=O)N1CCCC1)C(=O)c1cc(C(=O)O)on1. The van der Waals surface area contributed by atoms with Crippen molar-refractivity contribution >= 4 is 17.8 Å². The molecule has 0 bridgehead atoms. The molecule has 0 radical (unpaired) electrons. The van der Waals surface area contributed by atoms with Crippen LogP contribution in [0.25, 0.3) is 0 Å². The van der Waals surface area contributed by atoms with E-state index in [2.05, 4.69) is 9.68 Å². The van der Waals surface area contributed by atoms with Crippen molar-refractivity contribution in [2.24, 2.45) is 0 Å². The third-order valence-electron chi connectivity index (χ3n) is 3.12. The number of likely N-dealkylation sites (tertiary alicyclic amines) is 1. The monoisotopic (exact) mass is 281 g/mol. The Labute approximate surface area is 114 Å². The Morgan fingerprint density at radius 3 is 2.60 bits per heavy atom. The Hall–Kier alpha value is -2.38. The average Bonchev–Trinajstić information content (AvgIpc) is 3.08. The van der Waals surface area contributed by atoms with Crippen molar-refractivity contribution in [2.75, 3.05) is 26.7 Å². The molecule has 0 aliphatic carbocycles. The highest BCUT2D eigenvalue weighted by molar-refractivity contribution is 5.96. The zero-order valence-electron chi connectivity index (χ0n) is 11.0. The van der Waals surface area contributed by atoms with E-state index in [1.54, 1.807) is 4.90 Å². The van der Waals surface area contributed by atoms with Gasteiger partial charge in [-0.2, -0.15) is 0 Å². The number of aromatic nitrogens is 1. The van der Waals surface area contributed by atoms with Crippen LogP contribution in [0.4, 0.5) is 0 Å². The van der Waals surface area contributed by atoms with Crippen molar-refractivity contribution in [1.29, 1.82) is 0 Å². The number of aromatic carboxylic acids is 1. The molecular weight excluding hydrogens is 266 g/mol. The fourth-order valence-corrected chi connectivity index (χ4v) is 2.01. The van der Waals surface area contributed by atoms with Gasteiger partial charge in [-0.3, -0.25) is 9.59 Å². The number of nitrogens with zero attached hydrogens (tertiary/aromatic N) is 3. The second-order valence-electron chi connectivity index (χ2n) is 4.63. The van der Waals surface area contributed by atoms with E-state index < -0.39 is 17.6 Å². The van der Waals surface area contributed by atoms with Crippen LogP contribution in [0.15, 0.2) is 10.6 Å². The first-order valence-electron chi connectivity index (χ1n) is 6.22. The molecule has 1 aromatic heterocycles. The quantitative estimate of drug-likeness (QED) is 0.837. The third-order valence-corrected chi connectivity index (χ3v) is 3.12. The van der Waals surface area contributed by atoms with E-state index in [1.807, 2.05) is 0 Å². The van der Waals surface area contributed by atoms with Crippen LogP contribution in [0, 0.1) is 0 Å². The molecule has 2 amide bonds. The van der Waals surface area contributed by atoms with Crippen LogP contribution in [0.2, 0.25) is 0 Å². The van der Waals surface area contributed by atoms with E-state index in [1.165, 1.54) is 11.9 Å². The number of carbonyl (C=O) groups is 3. The Morgan fingerprint density at radius 2 is 2.05 bits per heavy atom. The summed E-state index contributed by atoms with van der Waals surface area (Å²) in [6.07, 6.45) is 1.96. The van der Waals surface area contributed by atoms with E-state index in [0.717, 1.165) is 18.9 Å². The second kappa shape index (κ2) is 5.72. The number of likely N-dealkylation sites (N-methyl/N-ethyl adjacent to an activating group) is 1. The first-order valence-corrected chi connectivity index (χ1v) is 6.22. The summed E-state index contributed by atoms with van der Waals surface area (Å²) in [4.78, 5) is 37.4. The van der Waals surface area contributed by atoms with Crippen LogP contribution in [-0.4, -0.2) is 64.5 Å². The van der Waals surface area contributed by atoms with E-state index in [0.29, 0.717) is 13.1 Å². The zero-order valence-corrected chi connectivity index (χ0v) is 11.0. The highest BCUT2D eigenvalue weighted by atomic mass is 16.5. The summed E-state index contributed by atoms with van der Waals surface area (Å²) in [6.45, 7) is 1.37. The minimum absolute atomic E-state index is 0.0614. The standard InChI is InChI=1S/C12H15N3O5/c1-14(7-10(16)15-4-2-3-5-15)11(17)8-6-9(12(18)19)20-13-8/h6H,2-5,7H2,1H3,(H,18,19). The molecule has 0 aromatic carbocycles. The molecule has 0 saturated carbocycles. The first kappa shape index (κ1) is 14.0. The van der Waals surface area contributed by atoms with Crippen molar-refractivity contribution in [3.8, 4) is 0 Å². The molecule has 1 N–H and O–H groups in total. The third kappa shape index (κ3) is 2.95. The number of carboxylic acids is 1. The van der Waals surface area contributed by atoms with Crippen LogP contribution < -0.4 is 0 Å². The molecule has 1 saturated heterocycles. The van der Waals surface area contributed by atoms with Gasteiger partial charge in [-0.25, -0.2) is 4.79 Å². The molecule has 1 aliphatic heterocycles. The van der Waals surface area contributed by atoms with Gasteiger partial charge in [0.1, 0.15) is 0 Å². The minimum Gasteiger partial charge on any atom is -0.475 e. The maximum Gasteiger partial charge on any atom is 0.374 e. The smallest absolute Gasteiger partial charge is 0.374 e. The van der Waals surface area contributed by atoms with Crippen molar-refractivity contribution in [3.63, 3.8) is 0 Å². The van der Waals surface area contributed by atoms with Crippen molar-refractivity contribution in [1.82, 2.24) is 15.0 Å². The average molecular weight is 281 g/mol. The molecule has 1 aromatic rings. The predicted molar refractivity (Wildman–Crippen MR) is 66.2 cm³/mol. The number of rotatable bonds is 4. The van der Waals surface area contributed by atoms with Crippen LogP contribution in [0.5, 0.6) is 0 Å². The van der Waals surface area contributed by atoms with Crippen LogP contribution in [-0.2, 0) is 4.79 Å². The van der Waals surface area contributed by atoms with Crippen molar-refractivity contribution in [3.05, 3.63) is 17.5 Å².